The van der Waals surface area contributed by atoms with Gasteiger partial charge in [0.2, 0.25) is 0 Å². The van der Waals surface area contributed by atoms with E-state index in [9.17, 15) is 9.59 Å². The van der Waals surface area contributed by atoms with Gasteiger partial charge in [-0.1, -0.05) is 41.9 Å². The molecule has 0 bridgehead atoms. The van der Waals surface area contributed by atoms with Gasteiger partial charge in [0.25, 0.3) is 11.8 Å². The smallest absolute Gasteiger partial charge is 0.265 e. The van der Waals surface area contributed by atoms with Crippen molar-refractivity contribution in [2.45, 2.75) is 19.9 Å². The van der Waals surface area contributed by atoms with Crippen molar-refractivity contribution in [2.24, 2.45) is 0 Å². The summed E-state index contributed by atoms with van der Waals surface area (Å²) in [6, 6.07) is 14.3. The highest BCUT2D eigenvalue weighted by molar-refractivity contribution is 8.04. The summed E-state index contributed by atoms with van der Waals surface area (Å²) in [5.74, 6) is 0.688. The number of nitrogens with one attached hydrogen (secondary N) is 2. The largest absolute Gasteiger partial charge is 0.496 e. The first-order valence-electron chi connectivity index (χ1n) is 8.89. The monoisotopic (exact) mass is 416 g/mol. The number of ether oxygens (including phenoxy) is 1. The van der Waals surface area contributed by atoms with Crippen LogP contribution in [0, 0.1) is 0 Å². The van der Waals surface area contributed by atoms with E-state index in [-0.39, 0.29) is 17.9 Å². The van der Waals surface area contributed by atoms with Gasteiger partial charge in [-0.15, -0.1) is 11.8 Å². The van der Waals surface area contributed by atoms with Crippen LogP contribution in [-0.2, 0) is 9.53 Å². The maximum absolute atomic E-state index is 12.8. The van der Waals surface area contributed by atoms with Crippen LogP contribution in [0.25, 0.3) is 0 Å². The van der Waals surface area contributed by atoms with Gasteiger partial charge in [-0.25, -0.2) is 0 Å². The molecule has 2 N–H and O–H groups in total. The molecule has 0 radical (unpaired) electrons. The van der Waals surface area contributed by atoms with E-state index in [1.807, 2.05) is 37.3 Å². The van der Waals surface area contributed by atoms with Crippen LogP contribution in [0.1, 0.15) is 35.8 Å². The average molecular weight is 417 g/mol. The summed E-state index contributed by atoms with van der Waals surface area (Å²) in [4.78, 5) is 26.0. The van der Waals surface area contributed by atoms with Crippen LogP contribution in [0.15, 0.2) is 59.2 Å². The predicted molar refractivity (Wildman–Crippen MR) is 114 cm³/mol. The molecule has 146 valence electrons. The van der Waals surface area contributed by atoms with Crippen LogP contribution < -0.4 is 10.6 Å². The van der Waals surface area contributed by atoms with Gasteiger partial charge in [0.05, 0.1) is 23.9 Å². The summed E-state index contributed by atoms with van der Waals surface area (Å²) in [5.41, 5.74) is 1.70. The molecule has 1 aliphatic rings. The minimum Gasteiger partial charge on any atom is -0.496 e. The lowest BCUT2D eigenvalue weighted by Crippen LogP contribution is -2.28. The third-order valence-electron chi connectivity index (χ3n) is 4.30. The van der Waals surface area contributed by atoms with Gasteiger partial charge in [-0.05, 0) is 37.6 Å². The second kappa shape index (κ2) is 9.17. The average Bonchev–Trinajstić information content (AvgIpc) is 2.69. The molecule has 0 aliphatic carbocycles. The Morgan fingerprint density at radius 2 is 1.89 bits per heavy atom. The molecule has 7 heteroatoms. The molecule has 2 aromatic carbocycles. The Balaban J connectivity index is 1.80. The molecule has 5 nitrogen and oxygen atoms in total. The molecule has 0 aromatic heterocycles. The van der Waals surface area contributed by atoms with Crippen LogP contribution in [0.2, 0.25) is 5.02 Å². The Morgan fingerprint density at radius 1 is 1.14 bits per heavy atom. The van der Waals surface area contributed by atoms with E-state index < -0.39 is 0 Å². The molecule has 0 saturated heterocycles. The van der Waals surface area contributed by atoms with Crippen molar-refractivity contribution in [3.8, 4) is 0 Å². The number of amides is 2. The second-order valence-electron chi connectivity index (χ2n) is 6.33. The van der Waals surface area contributed by atoms with Gasteiger partial charge < -0.3 is 15.4 Å². The van der Waals surface area contributed by atoms with Gasteiger partial charge in [0.1, 0.15) is 10.7 Å². The molecule has 0 unspecified atom stereocenters. The van der Waals surface area contributed by atoms with Gasteiger partial charge in [0.15, 0.2) is 0 Å². The molecule has 1 aliphatic heterocycles. The number of halogens is 1. The van der Waals surface area contributed by atoms with Crippen molar-refractivity contribution in [1.82, 2.24) is 5.32 Å². The van der Waals surface area contributed by atoms with Crippen LogP contribution in [-0.4, -0.2) is 24.2 Å². The number of anilines is 1. The fraction of sp³-hybridized carbons (Fsp3) is 0.238. The van der Waals surface area contributed by atoms with E-state index in [1.165, 1.54) is 11.8 Å². The Labute approximate surface area is 173 Å². The predicted octanol–water partition coefficient (Wildman–Crippen LogP) is 4.76. The molecular weight excluding hydrogens is 396 g/mol. The molecule has 28 heavy (non-hydrogen) atoms. The van der Waals surface area contributed by atoms with E-state index in [4.69, 9.17) is 16.3 Å². The van der Waals surface area contributed by atoms with E-state index in [0.29, 0.717) is 39.3 Å². The van der Waals surface area contributed by atoms with Gasteiger partial charge in [-0.2, -0.15) is 0 Å². The lowest BCUT2D eigenvalue weighted by atomic mass is 10.1. The Hall–Kier alpha value is -2.44. The highest BCUT2D eigenvalue weighted by Gasteiger charge is 2.22. The molecule has 1 atom stereocenters. The Morgan fingerprint density at radius 3 is 2.61 bits per heavy atom. The standard InChI is InChI=1S/C21H21ClN2O3S/c1-13(15-6-4-3-5-7-15)23-20(25)17-9-8-16(22)12-18(17)24-21(26)19-14(2)27-10-11-28-19/h3-9,12-13H,10-11H2,1-2H3,(H,23,25)(H,24,26)/t13-/m1/s1. The fourth-order valence-corrected chi connectivity index (χ4v) is 3.81. The van der Waals surface area contributed by atoms with Gasteiger partial charge in [0, 0.05) is 10.8 Å². The lowest BCUT2D eigenvalue weighted by Gasteiger charge is -2.19. The van der Waals surface area contributed by atoms with Crippen molar-refractivity contribution in [3.05, 3.63) is 75.3 Å². The maximum Gasteiger partial charge on any atom is 0.265 e. The van der Waals surface area contributed by atoms with E-state index in [1.54, 1.807) is 25.1 Å². The Bertz CT molecular complexity index is 915. The third-order valence-corrected chi connectivity index (χ3v) is 5.66. The molecule has 2 amide bonds. The summed E-state index contributed by atoms with van der Waals surface area (Å²) < 4.78 is 5.44. The molecule has 2 aromatic rings. The molecule has 1 heterocycles. The van der Waals surface area contributed by atoms with Crippen molar-refractivity contribution in [1.29, 1.82) is 0 Å². The zero-order valence-corrected chi connectivity index (χ0v) is 17.2. The number of hydrogen-bond acceptors (Lipinski definition) is 4. The normalized spacial score (nSPS) is 14.8. The SMILES string of the molecule is CC1=C(C(=O)Nc2cc(Cl)ccc2C(=O)N[C@H](C)c2ccccc2)SCCO1. The quantitative estimate of drug-likeness (QED) is 0.737. The topological polar surface area (TPSA) is 67.4 Å². The van der Waals surface area contributed by atoms with Crippen molar-refractivity contribution in [3.63, 3.8) is 0 Å². The number of carbonyl (C=O) groups excluding carboxylic acids is 2. The zero-order valence-electron chi connectivity index (χ0n) is 15.6. The zero-order chi connectivity index (χ0) is 20.1. The van der Waals surface area contributed by atoms with E-state index in [2.05, 4.69) is 10.6 Å². The number of thioether (sulfide) groups is 1. The summed E-state index contributed by atoms with van der Waals surface area (Å²) in [6.07, 6.45) is 0. The molecular formula is C21H21ClN2O3S. The molecule has 0 fully saturated rings. The highest BCUT2D eigenvalue weighted by Crippen LogP contribution is 2.28. The Kier molecular flexibility index (Phi) is 6.65. The van der Waals surface area contributed by atoms with Gasteiger partial charge in [-0.3, -0.25) is 9.59 Å². The molecule has 3 rings (SSSR count). The van der Waals surface area contributed by atoms with Crippen LogP contribution in [0.4, 0.5) is 5.69 Å². The number of allylic oxidation sites excluding steroid dienone is 1. The first kappa shape index (κ1) is 20.3. The van der Waals surface area contributed by atoms with E-state index in [0.717, 1.165) is 5.56 Å². The van der Waals surface area contributed by atoms with E-state index >= 15 is 0 Å². The van der Waals surface area contributed by atoms with Crippen molar-refractivity contribution >= 4 is 40.9 Å². The number of carbonyl (C=O) groups is 2. The number of rotatable bonds is 5. The first-order valence-corrected chi connectivity index (χ1v) is 10.2. The minimum atomic E-state index is -0.311. The molecule has 0 spiro atoms. The van der Waals surface area contributed by atoms with Crippen molar-refractivity contribution in [2.75, 3.05) is 17.7 Å². The summed E-state index contributed by atoms with van der Waals surface area (Å²) >= 11 is 7.53. The number of benzene rings is 2. The third kappa shape index (κ3) is 4.88. The van der Waals surface area contributed by atoms with Crippen LogP contribution in [0.3, 0.4) is 0 Å². The number of hydrogen-bond donors (Lipinski definition) is 2. The van der Waals surface area contributed by atoms with Gasteiger partial charge >= 0.3 is 0 Å². The maximum atomic E-state index is 12.8. The minimum absolute atomic E-state index is 0.180. The summed E-state index contributed by atoms with van der Waals surface area (Å²) in [7, 11) is 0. The van der Waals surface area contributed by atoms with Crippen LogP contribution in [0.5, 0.6) is 0 Å². The fourth-order valence-electron chi connectivity index (χ4n) is 2.83. The van der Waals surface area contributed by atoms with Crippen molar-refractivity contribution < 1.29 is 14.3 Å². The highest BCUT2D eigenvalue weighted by atomic mass is 35.5. The second-order valence-corrected chi connectivity index (χ2v) is 7.87. The summed E-state index contributed by atoms with van der Waals surface area (Å²) in [5, 5.41) is 6.19. The summed E-state index contributed by atoms with van der Waals surface area (Å²) in [6.45, 7) is 4.25. The lowest BCUT2D eigenvalue weighted by molar-refractivity contribution is -0.112. The van der Waals surface area contributed by atoms with Crippen LogP contribution >= 0.6 is 23.4 Å². The molecule has 0 saturated carbocycles. The first-order chi connectivity index (χ1) is 13.5.